The molecule has 0 aromatic heterocycles. The molecule has 0 aliphatic heterocycles. The first-order chi connectivity index (χ1) is 5.59. The van der Waals surface area contributed by atoms with Crippen LogP contribution in [0.5, 0.6) is 0 Å². The minimum atomic E-state index is -0.691. The molecule has 5 nitrogen and oxygen atoms in total. The van der Waals surface area contributed by atoms with E-state index in [1.807, 2.05) is 6.92 Å². The van der Waals surface area contributed by atoms with E-state index in [1.54, 1.807) is 0 Å². The summed E-state index contributed by atoms with van der Waals surface area (Å²) in [4.78, 5) is 10.6. The normalized spacial score (nSPS) is 9.42. The van der Waals surface area contributed by atoms with Gasteiger partial charge in [0.15, 0.2) is 0 Å². The Morgan fingerprint density at radius 3 is 2.50 bits per heavy atom. The summed E-state index contributed by atoms with van der Waals surface area (Å²) in [6.07, 6.45) is 2.01. The van der Waals surface area contributed by atoms with Crippen LogP contribution in [-0.4, -0.2) is 22.0 Å². The molecule has 70 valence electrons. The zero-order valence-electron chi connectivity index (χ0n) is 7.04. The van der Waals surface area contributed by atoms with Gasteiger partial charge in [-0.2, -0.15) is 0 Å². The summed E-state index contributed by atoms with van der Waals surface area (Å²) < 4.78 is 0.982. The third kappa shape index (κ3) is 4.07. The van der Waals surface area contributed by atoms with E-state index in [4.69, 9.17) is 16.9 Å². The molecular formula is C6H14N4OS. The molecular weight excluding hydrogens is 176 g/mol. The van der Waals surface area contributed by atoms with Crippen molar-refractivity contribution in [2.24, 2.45) is 11.5 Å². The number of nitrogens with zero attached hydrogens (tertiary/aromatic N) is 1. The molecule has 12 heavy (non-hydrogen) atoms. The van der Waals surface area contributed by atoms with Crippen molar-refractivity contribution >= 4 is 23.9 Å². The van der Waals surface area contributed by atoms with Gasteiger partial charge in [0.25, 0.3) is 0 Å². The lowest BCUT2D eigenvalue weighted by atomic mass is 10.4. The number of hydrogen-bond acceptors (Lipinski definition) is 3. The summed E-state index contributed by atoms with van der Waals surface area (Å²) in [5, 5.41) is 7.00. The Balaban J connectivity index is 3.80. The Kier molecular flexibility index (Phi) is 5.27. The number of urea groups is 1. The first-order valence-electron chi connectivity index (χ1n) is 3.66. The lowest BCUT2D eigenvalue weighted by Crippen LogP contribution is -2.39. The van der Waals surface area contributed by atoms with Crippen LogP contribution < -0.4 is 11.5 Å². The van der Waals surface area contributed by atoms with E-state index >= 15 is 0 Å². The van der Waals surface area contributed by atoms with Crippen LogP contribution >= 0.6 is 11.9 Å². The molecule has 0 unspecified atom stereocenters. The van der Waals surface area contributed by atoms with E-state index in [-0.39, 0.29) is 5.96 Å². The molecule has 0 spiro atoms. The maximum absolute atomic E-state index is 10.6. The largest absolute Gasteiger partial charge is 0.369 e. The quantitative estimate of drug-likeness (QED) is 0.263. The maximum atomic E-state index is 10.6. The first kappa shape index (κ1) is 11.1. The van der Waals surface area contributed by atoms with Crippen molar-refractivity contribution in [3.63, 3.8) is 0 Å². The highest BCUT2D eigenvalue weighted by Gasteiger charge is 2.12. The fourth-order valence-corrected chi connectivity index (χ4v) is 1.42. The summed E-state index contributed by atoms with van der Waals surface area (Å²) in [7, 11) is 0. The Morgan fingerprint density at radius 2 is 2.17 bits per heavy atom. The Morgan fingerprint density at radius 1 is 1.58 bits per heavy atom. The van der Waals surface area contributed by atoms with Gasteiger partial charge in [-0.1, -0.05) is 13.3 Å². The number of carbonyl (C=O) groups excluding carboxylic acids is 1. The van der Waals surface area contributed by atoms with Crippen molar-refractivity contribution in [3.8, 4) is 0 Å². The molecule has 0 atom stereocenters. The smallest absolute Gasteiger partial charge is 0.331 e. The molecule has 5 N–H and O–H groups in total. The zero-order chi connectivity index (χ0) is 9.56. The second-order valence-electron chi connectivity index (χ2n) is 2.20. The van der Waals surface area contributed by atoms with Gasteiger partial charge in [-0.15, -0.1) is 0 Å². The molecule has 0 aliphatic rings. The van der Waals surface area contributed by atoms with Crippen molar-refractivity contribution < 1.29 is 4.79 Å². The van der Waals surface area contributed by atoms with E-state index in [2.05, 4.69) is 0 Å². The Bertz CT molecular complexity index is 159. The number of amides is 2. The summed E-state index contributed by atoms with van der Waals surface area (Å²) in [5.74, 6) is 0.433. The summed E-state index contributed by atoms with van der Waals surface area (Å²) in [6.45, 7) is 2.04. The van der Waals surface area contributed by atoms with Crippen LogP contribution in [0, 0.1) is 5.41 Å². The highest BCUT2D eigenvalue weighted by molar-refractivity contribution is 7.98. The van der Waals surface area contributed by atoms with E-state index in [0.717, 1.165) is 22.9 Å². The highest BCUT2D eigenvalue weighted by Crippen LogP contribution is 2.10. The Hall–Kier alpha value is -0.910. The van der Waals surface area contributed by atoms with Gasteiger partial charge in [0.2, 0.25) is 5.96 Å². The monoisotopic (exact) mass is 190 g/mol. The van der Waals surface area contributed by atoms with Crippen molar-refractivity contribution in [1.29, 1.82) is 5.41 Å². The minimum Gasteiger partial charge on any atom is -0.369 e. The second kappa shape index (κ2) is 5.70. The number of unbranched alkanes of at least 4 members (excludes halogenated alkanes) is 1. The molecule has 0 radical (unpaired) electrons. The third-order valence-electron chi connectivity index (χ3n) is 1.14. The molecule has 0 aromatic rings. The van der Waals surface area contributed by atoms with Gasteiger partial charge in [0.05, 0.1) is 0 Å². The maximum Gasteiger partial charge on any atom is 0.331 e. The predicted molar refractivity (Wildman–Crippen MR) is 50.7 cm³/mol. The molecule has 0 heterocycles. The lowest BCUT2D eigenvalue weighted by molar-refractivity contribution is 0.244. The molecule has 0 aliphatic carbocycles. The van der Waals surface area contributed by atoms with Crippen LogP contribution in [0.1, 0.15) is 19.8 Å². The molecule has 0 bridgehead atoms. The van der Waals surface area contributed by atoms with Gasteiger partial charge in [-0.3, -0.25) is 5.41 Å². The van der Waals surface area contributed by atoms with Gasteiger partial charge in [0.1, 0.15) is 0 Å². The first-order valence-corrected chi connectivity index (χ1v) is 4.60. The number of nitrogens with two attached hydrogens (primary N) is 2. The van der Waals surface area contributed by atoms with Gasteiger partial charge in [-0.25, -0.2) is 9.10 Å². The van der Waals surface area contributed by atoms with Gasteiger partial charge in [0, 0.05) is 5.75 Å². The van der Waals surface area contributed by atoms with Crippen LogP contribution in [-0.2, 0) is 0 Å². The fourth-order valence-electron chi connectivity index (χ4n) is 0.552. The molecule has 0 saturated carbocycles. The van der Waals surface area contributed by atoms with E-state index in [9.17, 15) is 4.79 Å². The van der Waals surface area contributed by atoms with E-state index < -0.39 is 6.03 Å². The lowest BCUT2D eigenvalue weighted by Gasteiger charge is -2.15. The number of primary amides is 1. The van der Waals surface area contributed by atoms with Crippen molar-refractivity contribution in [2.75, 3.05) is 5.75 Å². The predicted octanol–water partition coefficient (Wildman–Crippen LogP) is 0.709. The number of hydrogen-bond donors (Lipinski definition) is 3. The molecule has 0 aromatic carbocycles. The van der Waals surface area contributed by atoms with Crippen molar-refractivity contribution in [2.45, 2.75) is 19.8 Å². The molecule has 0 rings (SSSR count). The van der Waals surface area contributed by atoms with Crippen LogP contribution in [0.4, 0.5) is 4.79 Å². The fraction of sp³-hybridized carbons (Fsp3) is 0.667. The third-order valence-corrected chi connectivity index (χ3v) is 2.24. The highest BCUT2D eigenvalue weighted by atomic mass is 32.2. The Labute approximate surface area is 76.1 Å². The van der Waals surface area contributed by atoms with Crippen LogP contribution in [0.2, 0.25) is 0 Å². The molecule has 6 heteroatoms. The average molecular weight is 190 g/mol. The van der Waals surface area contributed by atoms with Gasteiger partial charge in [-0.05, 0) is 18.4 Å². The van der Waals surface area contributed by atoms with Crippen LogP contribution in [0.25, 0.3) is 0 Å². The summed E-state index contributed by atoms with van der Waals surface area (Å²) in [6, 6.07) is -0.691. The number of rotatable bonds is 4. The van der Waals surface area contributed by atoms with E-state index in [1.165, 1.54) is 11.9 Å². The number of nitrogens with one attached hydrogen (secondary N) is 1. The summed E-state index contributed by atoms with van der Waals surface area (Å²) in [5.41, 5.74) is 10.1. The molecule has 0 fully saturated rings. The number of guanidine groups is 1. The van der Waals surface area contributed by atoms with Gasteiger partial charge < -0.3 is 11.5 Å². The standard InChI is InChI=1S/C6H14N4OS/c1-2-3-4-12-10(5(7)8)6(9)11/h2-4H2,1H3,(H3,7,8)(H2,9,11). The molecule has 2 amide bonds. The summed E-state index contributed by atoms with van der Waals surface area (Å²) >= 11 is 1.17. The number of carbonyl (C=O) groups is 1. The van der Waals surface area contributed by atoms with E-state index in [0.29, 0.717) is 0 Å². The average Bonchev–Trinajstić information content (AvgIpc) is 1.96. The van der Waals surface area contributed by atoms with Crippen molar-refractivity contribution in [3.05, 3.63) is 0 Å². The topological polar surface area (TPSA) is 96.2 Å². The minimum absolute atomic E-state index is 0.316. The SMILES string of the molecule is CCCCSN(C(=N)N)C(N)=O. The van der Waals surface area contributed by atoms with Crippen LogP contribution in [0.3, 0.4) is 0 Å². The molecule has 0 saturated heterocycles. The zero-order valence-corrected chi connectivity index (χ0v) is 7.86. The van der Waals surface area contributed by atoms with Gasteiger partial charge >= 0.3 is 6.03 Å². The second-order valence-corrected chi connectivity index (χ2v) is 3.24. The van der Waals surface area contributed by atoms with Crippen LogP contribution in [0.15, 0.2) is 0 Å². The van der Waals surface area contributed by atoms with Crippen molar-refractivity contribution in [1.82, 2.24) is 4.31 Å².